The Morgan fingerprint density at radius 1 is 1.36 bits per heavy atom. The molecule has 1 aliphatic heterocycles. The summed E-state index contributed by atoms with van der Waals surface area (Å²) in [6, 6.07) is 9.44. The molecule has 2 aromatic rings. The SMILES string of the molecule is Cc1cn(C)c([C@@H]2CCN(C(=O)COc3ccccc3)C2)n1. The van der Waals surface area contributed by atoms with Crippen LogP contribution in [0.2, 0.25) is 0 Å². The van der Waals surface area contributed by atoms with Crippen LogP contribution in [-0.4, -0.2) is 40.1 Å². The van der Waals surface area contributed by atoms with Crippen molar-refractivity contribution in [3.8, 4) is 5.75 Å². The standard InChI is InChI=1S/C17H21N3O2/c1-13-10-19(2)17(18-13)14-8-9-20(11-14)16(21)12-22-15-6-4-3-5-7-15/h3-7,10,14H,8-9,11-12H2,1-2H3/t14-/m1/s1. The van der Waals surface area contributed by atoms with Crippen LogP contribution in [0.4, 0.5) is 0 Å². The lowest BCUT2D eigenvalue weighted by Crippen LogP contribution is -2.33. The summed E-state index contributed by atoms with van der Waals surface area (Å²) in [7, 11) is 2.01. The number of hydrogen-bond donors (Lipinski definition) is 0. The lowest BCUT2D eigenvalue weighted by atomic mass is 10.1. The molecule has 3 rings (SSSR count). The first-order valence-electron chi connectivity index (χ1n) is 7.59. The molecule has 0 N–H and O–H groups in total. The van der Waals surface area contributed by atoms with E-state index in [9.17, 15) is 4.79 Å². The van der Waals surface area contributed by atoms with Crippen LogP contribution < -0.4 is 4.74 Å². The van der Waals surface area contributed by atoms with Crippen LogP contribution in [0.1, 0.15) is 23.9 Å². The molecule has 0 spiro atoms. The number of ether oxygens (including phenoxy) is 1. The highest BCUT2D eigenvalue weighted by Crippen LogP contribution is 2.26. The molecule has 0 unspecified atom stereocenters. The van der Waals surface area contributed by atoms with E-state index in [1.165, 1.54) is 0 Å². The van der Waals surface area contributed by atoms with Gasteiger partial charge in [0.2, 0.25) is 0 Å². The molecule has 0 bridgehead atoms. The van der Waals surface area contributed by atoms with Gasteiger partial charge in [-0.25, -0.2) is 4.98 Å². The van der Waals surface area contributed by atoms with Gasteiger partial charge >= 0.3 is 0 Å². The van der Waals surface area contributed by atoms with Gasteiger partial charge in [-0.15, -0.1) is 0 Å². The van der Waals surface area contributed by atoms with Crippen LogP contribution >= 0.6 is 0 Å². The largest absolute Gasteiger partial charge is 0.484 e. The lowest BCUT2D eigenvalue weighted by Gasteiger charge is -2.17. The maximum absolute atomic E-state index is 12.3. The molecule has 116 valence electrons. The Kier molecular flexibility index (Phi) is 4.13. The first-order chi connectivity index (χ1) is 10.6. The fourth-order valence-corrected chi connectivity index (χ4v) is 2.96. The Balaban J connectivity index is 1.56. The fourth-order valence-electron chi connectivity index (χ4n) is 2.96. The third-order valence-corrected chi connectivity index (χ3v) is 4.04. The molecule has 0 aliphatic carbocycles. The van der Waals surface area contributed by atoms with Gasteiger partial charge in [-0.2, -0.15) is 0 Å². The Bertz CT molecular complexity index is 651. The smallest absolute Gasteiger partial charge is 0.260 e. The number of rotatable bonds is 4. The molecule has 1 atom stereocenters. The van der Waals surface area contributed by atoms with Gasteiger partial charge in [-0.05, 0) is 25.5 Å². The highest BCUT2D eigenvalue weighted by atomic mass is 16.5. The molecule has 2 heterocycles. The van der Waals surface area contributed by atoms with Gasteiger partial charge in [0.05, 0.1) is 5.69 Å². The fraction of sp³-hybridized carbons (Fsp3) is 0.412. The molecular weight excluding hydrogens is 278 g/mol. The highest BCUT2D eigenvalue weighted by Gasteiger charge is 2.29. The van der Waals surface area contributed by atoms with Crippen molar-refractivity contribution in [2.24, 2.45) is 7.05 Å². The highest BCUT2D eigenvalue weighted by molar-refractivity contribution is 5.78. The number of likely N-dealkylation sites (tertiary alicyclic amines) is 1. The molecule has 5 nitrogen and oxygen atoms in total. The topological polar surface area (TPSA) is 47.4 Å². The van der Waals surface area contributed by atoms with E-state index < -0.39 is 0 Å². The molecular formula is C17H21N3O2. The summed E-state index contributed by atoms with van der Waals surface area (Å²) < 4.78 is 7.60. The van der Waals surface area contributed by atoms with E-state index in [2.05, 4.69) is 9.55 Å². The molecule has 1 aromatic heterocycles. The van der Waals surface area contributed by atoms with Gasteiger partial charge in [-0.3, -0.25) is 4.79 Å². The predicted molar refractivity (Wildman–Crippen MR) is 83.8 cm³/mol. The zero-order valence-corrected chi connectivity index (χ0v) is 13.0. The van der Waals surface area contributed by atoms with Gasteiger partial charge in [0, 0.05) is 32.3 Å². The third-order valence-electron chi connectivity index (χ3n) is 4.04. The van der Waals surface area contributed by atoms with Crippen molar-refractivity contribution in [2.45, 2.75) is 19.3 Å². The maximum atomic E-state index is 12.3. The second-order valence-corrected chi connectivity index (χ2v) is 5.78. The second kappa shape index (κ2) is 6.22. The second-order valence-electron chi connectivity index (χ2n) is 5.78. The molecule has 5 heteroatoms. The van der Waals surface area contributed by atoms with Crippen LogP contribution in [0.5, 0.6) is 5.75 Å². The Morgan fingerprint density at radius 3 is 2.82 bits per heavy atom. The summed E-state index contributed by atoms with van der Waals surface area (Å²) in [4.78, 5) is 18.7. The van der Waals surface area contributed by atoms with Crippen molar-refractivity contribution in [2.75, 3.05) is 19.7 Å². The Hall–Kier alpha value is -2.30. The monoisotopic (exact) mass is 299 g/mol. The maximum Gasteiger partial charge on any atom is 0.260 e. The minimum Gasteiger partial charge on any atom is -0.484 e. The first kappa shape index (κ1) is 14.6. The minimum atomic E-state index is 0.0392. The van der Waals surface area contributed by atoms with Crippen molar-refractivity contribution >= 4 is 5.91 Å². The van der Waals surface area contributed by atoms with Crippen molar-refractivity contribution in [1.82, 2.24) is 14.5 Å². The van der Waals surface area contributed by atoms with Gasteiger partial charge in [0.15, 0.2) is 6.61 Å². The molecule has 1 saturated heterocycles. The number of nitrogens with zero attached hydrogens (tertiary/aromatic N) is 3. The van der Waals surface area contributed by atoms with E-state index >= 15 is 0 Å². The Morgan fingerprint density at radius 2 is 2.14 bits per heavy atom. The molecule has 1 aromatic carbocycles. The summed E-state index contributed by atoms with van der Waals surface area (Å²) in [6.07, 6.45) is 2.99. The van der Waals surface area contributed by atoms with Crippen LogP contribution in [0.15, 0.2) is 36.5 Å². The van der Waals surface area contributed by atoms with Crippen molar-refractivity contribution in [1.29, 1.82) is 0 Å². The third kappa shape index (κ3) is 3.13. The summed E-state index contributed by atoms with van der Waals surface area (Å²) in [5.41, 5.74) is 1.02. The van der Waals surface area contributed by atoms with Crippen LogP contribution in [0.25, 0.3) is 0 Å². The number of hydrogen-bond acceptors (Lipinski definition) is 3. The van der Waals surface area contributed by atoms with E-state index in [0.717, 1.165) is 36.8 Å². The summed E-state index contributed by atoms with van der Waals surface area (Å²) in [5.74, 6) is 2.15. The lowest BCUT2D eigenvalue weighted by molar-refractivity contribution is -0.132. The quantitative estimate of drug-likeness (QED) is 0.869. The van der Waals surface area contributed by atoms with E-state index in [0.29, 0.717) is 5.92 Å². The van der Waals surface area contributed by atoms with Gasteiger partial charge in [0.25, 0.3) is 5.91 Å². The van der Waals surface area contributed by atoms with Crippen LogP contribution in [-0.2, 0) is 11.8 Å². The number of benzene rings is 1. The number of imidazole rings is 1. The molecule has 1 amide bonds. The van der Waals surface area contributed by atoms with Crippen molar-refractivity contribution in [3.05, 3.63) is 48.0 Å². The zero-order valence-electron chi connectivity index (χ0n) is 13.0. The van der Waals surface area contributed by atoms with E-state index in [4.69, 9.17) is 4.74 Å². The number of para-hydroxylation sites is 1. The summed E-state index contributed by atoms with van der Waals surface area (Å²) in [6.45, 7) is 3.58. The zero-order chi connectivity index (χ0) is 15.5. The number of carbonyl (C=O) groups is 1. The van der Waals surface area contributed by atoms with Crippen molar-refractivity contribution in [3.63, 3.8) is 0 Å². The van der Waals surface area contributed by atoms with Crippen LogP contribution in [0.3, 0.4) is 0 Å². The molecule has 1 fully saturated rings. The van der Waals surface area contributed by atoms with Crippen molar-refractivity contribution < 1.29 is 9.53 Å². The normalized spacial score (nSPS) is 17.7. The molecule has 0 radical (unpaired) electrons. The summed E-state index contributed by atoms with van der Waals surface area (Å²) in [5, 5.41) is 0. The number of carbonyl (C=O) groups excluding carboxylic acids is 1. The van der Waals surface area contributed by atoms with E-state index in [-0.39, 0.29) is 12.5 Å². The predicted octanol–water partition coefficient (Wildman–Crippen LogP) is 2.12. The number of amides is 1. The molecule has 1 aliphatic rings. The average Bonchev–Trinajstić information content (AvgIpc) is 3.12. The van der Waals surface area contributed by atoms with E-state index in [1.807, 2.05) is 55.4 Å². The van der Waals surface area contributed by atoms with Gasteiger partial charge in [-0.1, -0.05) is 18.2 Å². The first-order valence-corrected chi connectivity index (χ1v) is 7.59. The summed E-state index contributed by atoms with van der Waals surface area (Å²) >= 11 is 0. The Labute approximate surface area is 130 Å². The van der Waals surface area contributed by atoms with Gasteiger partial charge < -0.3 is 14.2 Å². The van der Waals surface area contributed by atoms with Crippen LogP contribution in [0, 0.1) is 6.92 Å². The van der Waals surface area contributed by atoms with E-state index in [1.54, 1.807) is 0 Å². The molecule has 0 saturated carbocycles. The average molecular weight is 299 g/mol. The number of aryl methyl sites for hydroxylation is 2. The number of aromatic nitrogens is 2. The minimum absolute atomic E-state index is 0.0392. The van der Waals surface area contributed by atoms with Gasteiger partial charge in [0.1, 0.15) is 11.6 Å². The molecule has 22 heavy (non-hydrogen) atoms.